The standard InChI is InChI=1S/C34H44ClN5O6S/c1-21(2)46-29-19-25(24-14-16-40(17-15-24)31(41)12-8-9-13-32(42)43)23(5)18-28(29)38-34-36-20-26(35)33(39-34)37-27-10-6-7-11-30(27)47(44,45)22(3)4/h6-7,10-11,18-22,24H,8-9,12-17H2,1-5H3,(H,42,43)(H2,36,37,38,39). The Morgan fingerprint density at radius 2 is 1.72 bits per heavy atom. The van der Waals surface area contributed by atoms with E-state index in [2.05, 4.69) is 20.6 Å². The van der Waals surface area contributed by atoms with E-state index < -0.39 is 21.1 Å². The number of likely N-dealkylation sites (tertiary alicyclic amines) is 1. The Kier molecular flexibility index (Phi) is 12.1. The van der Waals surface area contributed by atoms with E-state index in [-0.39, 0.29) is 46.0 Å². The number of carboxylic acid groups (broad SMARTS) is 1. The van der Waals surface area contributed by atoms with Crippen molar-refractivity contribution in [2.45, 2.75) is 95.3 Å². The van der Waals surface area contributed by atoms with Crippen molar-refractivity contribution in [3.8, 4) is 5.75 Å². The minimum absolute atomic E-state index is 0.0794. The second-order valence-electron chi connectivity index (χ2n) is 12.4. The zero-order valence-electron chi connectivity index (χ0n) is 27.5. The van der Waals surface area contributed by atoms with Gasteiger partial charge in [0.2, 0.25) is 11.9 Å². The van der Waals surface area contributed by atoms with Crippen LogP contribution in [-0.2, 0) is 19.4 Å². The SMILES string of the molecule is Cc1cc(Nc2ncc(Cl)c(Nc3ccccc3S(=O)(=O)C(C)C)n2)c(OC(C)C)cc1C1CCN(C(=O)CCCCC(=O)O)CC1. The van der Waals surface area contributed by atoms with Gasteiger partial charge < -0.3 is 25.4 Å². The lowest BCUT2D eigenvalue weighted by Gasteiger charge is -2.33. The first-order valence-electron chi connectivity index (χ1n) is 16.0. The van der Waals surface area contributed by atoms with Crippen LogP contribution in [0.1, 0.15) is 83.3 Å². The van der Waals surface area contributed by atoms with E-state index in [9.17, 15) is 18.0 Å². The number of hydrogen-bond donors (Lipinski definition) is 3. The van der Waals surface area contributed by atoms with Crippen LogP contribution < -0.4 is 15.4 Å². The summed E-state index contributed by atoms with van der Waals surface area (Å²) in [6.45, 7) is 10.5. The molecule has 2 heterocycles. The average molecular weight is 686 g/mol. The second-order valence-corrected chi connectivity index (χ2v) is 15.2. The monoisotopic (exact) mass is 685 g/mol. The summed E-state index contributed by atoms with van der Waals surface area (Å²) in [5.74, 6) is 0.626. The van der Waals surface area contributed by atoms with E-state index in [0.717, 1.165) is 24.0 Å². The number of amides is 1. The molecule has 0 atom stereocenters. The summed E-state index contributed by atoms with van der Waals surface area (Å²) in [6, 6.07) is 10.7. The summed E-state index contributed by atoms with van der Waals surface area (Å²) in [5.41, 5.74) is 3.25. The van der Waals surface area contributed by atoms with Crippen molar-refractivity contribution in [3.05, 3.63) is 58.7 Å². The van der Waals surface area contributed by atoms with Crippen LogP contribution in [-0.4, -0.2) is 64.7 Å². The fourth-order valence-electron chi connectivity index (χ4n) is 5.58. The minimum atomic E-state index is -3.57. The van der Waals surface area contributed by atoms with E-state index >= 15 is 0 Å². The van der Waals surface area contributed by atoms with Gasteiger partial charge >= 0.3 is 5.97 Å². The third-order valence-electron chi connectivity index (χ3n) is 8.11. The van der Waals surface area contributed by atoms with Crippen LogP contribution in [0.2, 0.25) is 5.02 Å². The molecule has 1 aromatic heterocycles. The minimum Gasteiger partial charge on any atom is -0.489 e. The predicted molar refractivity (Wildman–Crippen MR) is 184 cm³/mol. The van der Waals surface area contributed by atoms with Crippen molar-refractivity contribution in [2.75, 3.05) is 23.7 Å². The number of unbranched alkanes of at least 4 members (excludes halogenated alkanes) is 1. The highest BCUT2D eigenvalue weighted by Crippen LogP contribution is 2.38. The van der Waals surface area contributed by atoms with Gasteiger partial charge in [-0.25, -0.2) is 13.4 Å². The van der Waals surface area contributed by atoms with Gasteiger partial charge in [-0.15, -0.1) is 0 Å². The van der Waals surface area contributed by atoms with E-state index in [4.69, 9.17) is 21.4 Å². The molecule has 2 aromatic carbocycles. The van der Waals surface area contributed by atoms with Crippen LogP contribution in [0.15, 0.2) is 47.5 Å². The van der Waals surface area contributed by atoms with E-state index in [1.165, 1.54) is 6.20 Å². The number of hydrogen-bond acceptors (Lipinski definition) is 9. The molecule has 0 bridgehead atoms. The molecule has 3 N–H and O–H groups in total. The molecule has 1 fully saturated rings. The lowest BCUT2D eigenvalue weighted by molar-refractivity contribution is -0.137. The van der Waals surface area contributed by atoms with Crippen molar-refractivity contribution in [2.24, 2.45) is 0 Å². The Morgan fingerprint density at radius 3 is 2.38 bits per heavy atom. The van der Waals surface area contributed by atoms with Crippen LogP contribution in [0, 0.1) is 6.92 Å². The Balaban J connectivity index is 1.52. The number of aryl methyl sites for hydroxylation is 1. The molecular weight excluding hydrogens is 642 g/mol. The van der Waals surface area contributed by atoms with Crippen molar-refractivity contribution in [3.63, 3.8) is 0 Å². The van der Waals surface area contributed by atoms with Crippen LogP contribution in [0.3, 0.4) is 0 Å². The zero-order chi connectivity index (χ0) is 34.3. The molecule has 0 spiro atoms. The van der Waals surface area contributed by atoms with Gasteiger partial charge in [0.1, 0.15) is 10.8 Å². The van der Waals surface area contributed by atoms with Gasteiger partial charge in [0.05, 0.1) is 33.8 Å². The molecule has 0 unspecified atom stereocenters. The maximum atomic E-state index is 13.0. The first-order chi connectivity index (χ1) is 22.3. The largest absolute Gasteiger partial charge is 0.489 e. The smallest absolute Gasteiger partial charge is 0.303 e. The molecule has 0 saturated carbocycles. The number of nitrogens with zero attached hydrogens (tertiary/aromatic N) is 3. The molecule has 13 heteroatoms. The van der Waals surface area contributed by atoms with Gasteiger partial charge in [-0.1, -0.05) is 23.7 Å². The molecule has 0 radical (unpaired) electrons. The van der Waals surface area contributed by atoms with E-state index in [0.29, 0.717) is 49.5 Å². The number of carbonyl (C=O) groups is 2. The normalized spacial score (nSPS) is 14.0. The number of aromatic nitrogens is 2. The summed E-state index contributed by atoms with van der Waals surface area (Å²) in [6.07, 6.45) is 4.53. The first-order valence-corrected chi connectivity index (χ1v) is 17.9. The number of para-hydroxylation sites is 1. The molecule has 0 aliphatic carbocycles. The topological polar surface area (TPSA) is 151 Å². The zero-order valence-corrected chi connectivity index (χ0v) is 29.1. The van der Waals surface area contributed by atoms with Crippen molar-refractivity contribution in [1.82, 2.24) is 14.9 Å². The van der Waals surface area contributed by atoms with Crippen molar-refractivity contribution >= 4 is 56.5 Å². The highest BCUT2D eigenvalue weighted by Gasteiger charge is 2.27. The summed E-state index contributed by atoms with van der Waals surface area (Å²) in [5, 5.41) is 14.8. The molecule has 1 aliphatic rings. The summed E-state index contributed by atoms with van der Waals surface area (Å²) >= 11 is 6.45. The van der Waals surface area contributed by atoms with Gasteiger partial charge in [0.25, 0.3) is 0 Å². The van der Waals surface area contributed by atoms with Gasteiger partial charge in [-0.2, -0.15) is 4.98 Å². The summed E-state index contributed by atoms with van der Waals surface area (Å²) < 4.78 is 32.2. The maximum Gasteiger partial charge on any atom is 0.303 e. The Bertz CT molecular complexity index is 1690. The molecule has 47 heavy (non-hydrogen) atoms. The quantitative estimate of drug-likeness (QED) is 0.148. The van der Waals surface area contributed by atoms with Crippen LogP contribution in [0.25, 0.3) is 0 Å². The molecule has 3 aromatic rings. The third-order valence-corrected chi connectivity index (χ3v) is 10.6. The molecule has 1 saturated heterocycles. The van der Waals surface area contributed by atoms with Crippen molar-refractivity contribution < 1.29 is 27.9 Å². The number of carbonyl (C=O) groups excluding carboxylic acids is 1. The van der Waals surface area contributed by atoms with E-state index in [1.54, 1.807) is 38.1 Å². The number of ether oxygens (including phenoxy) is 1. The highest BCUT2D eigenvalue weighted by molar-refractivity contribution is 7.92. The Hall–Kier alpha value is -3.90. The molecule has 4 rings (SSSR count). The summed E-state index contributed by atoms with van der Waals surface area (Å²) in [7, 11) is -3.57. The van der Waals surface area contributed by atoms with E-state index in [1.807, 2.05) is 37.8 Å². The molecule has 1 amide bonds. The number of benzene rings is 2. The number of sulfone groups is 1. The number of anilines is 4. The predicted octanol–water partition coefficient (Wildman–Crippen LogP) is 7.25. The van der Waals surface area contributed by atoms with Crippen LogP contribution in [0.5, 0.6) is 5.75 Å². The number of carboxylic acids is 1. The number of piperidine rings is 1. The van der Waals surface area contributed by atoms with Gasteiger partial charge in [0, 0.05) is 25.9 Å². The number of aliphatic carboxylic acids is 1. The fourth-order valence-corrected chi connectivity index (χ4v) is 6.92. The maximum absolute atomic E-state index is 13.0. The number of halogens is 1. The van der Waals surface area contributed by atoms with Crippen molar-refractivity contribution in [1.29, 1.82) is 0 Å². The van der Waals surface area contributed by atoms with Crippen LogP contribution >= 0.6 is 11.6 Å². The Morgan fingerprint density at radius 1 is 1.04 bits per heavy atom. The third kappa shape index (κ3) is 9.35. The van der Waals surface area contributed by atoms with Gasteiger partial charge in [0.15, 0.2) is 15.7 Å². The van der Waals surface area contributed by atoms with Crippen LogP contribution in [0.4, 0.5) is 23.1 Å². The first kappa shape index (κ1) is 35.9. The fraction of sp³-hybridized carbons (Fsp3) is 0.471. The highest BCUT2D eigenvalue weighted by atomic mass is 35.5. The summed E-state index contributed by atoms with van der Waals surface area (Å²) in [4.78, 5) is 34.4. The lowest BCUT2D eigenvalue weighted by atomic mass is 9.86. The average Bonchev–Trinajstić information content (AvgIpc) is 3.02. The molecular formula is C34H44ClN5O6S. The van der Waals surface area contributed by atoms with Gasteiger partial charge in [-0.3, -0.25) is 9.59 Å². The lowest BCUT2D eigenvalue weighted by Crippen LogP contribution is -2.37. The van der Waals surface area contributed by atoms with Gasteiger partial charge in [-0.05, 0) is 102 Å². The molecule has 11 nitrogen and oxygen atoms in total. The molecule has 254 valence electrons. The Labute approximate surface area is 282 Å². The molecule has 1 aliphatic heterocycles. The second kappa shape index (κ2) is 15.8. The number of nitrogens with one attached hydrogen (secondary N) is 2. The number of rotatable bonds is 14.